The minimum Gasteiger partial charge on any atom is -0.478 e. The molecule has 2 rings (SSSR count). The molecule has 1 amide bonds. The van der Waals surface area contributed by atoms with E-state index in [0.29, 0.717) is 18.4 Å². The van der Waals surface area contributed by atoms with Gasteiger partial charge in [-0.2, -0.15) is 0 Å². The first-order valence-electron chi connectivity index (χ1n) is 9.68. The fourth-order valence-corrected chi connectivity index (χ4v) is 2.43. The van der Waals surface area contributed by atoms with Gasteiger partial charge >= 0.3 is 0 Å². The number of allylic oxidation sites excluding steroid dienone is 3. The monoisotopic (exact) mass is 366 g/mol. The predicted molar refractivity (Wildman–Crippen MR) is 112 cm³/mol. The number of carbonyl (C=O) groups is 1. The third kappa shape index (κ3) is 7.65. The Bertz CT molecular complexity index is 781. The van der Waals surface area contributed by atoms with Gasteiger partial charge in [0.2, 0.25) is 11.8 Å². The van der Waals surface area contributed by atoms with Crippen molar-refractivity contribution in [2.24, 2.45) is 5.92 Å². The number of ether oxygens (including phenoxy) is 1. The molecule has 2 aromatic rings. The molecule has 4 heteroatoms. The van der Waals surface area contributed by atoms with Crippen LogP contribution in [0.15, 0.2) is 60.7 Å². The van der Waals surface area contributed by atoms with Gasteiger partial charge in [0, 0.05) is 23.6 Å². The first kappa shape index (κ1) is 20.7. The van der Waals surface area contributed by atoms with E-state index < -0.39 is 0 Å². The Morgan fingerprint density at radius 1 is 1.11 bits per heavy atom. The molecule has 0 spiro atoms. The van der Waals surface area contributed by atoms with Gasteiger partial charge < -0.3 is 10.1 Å². The zero-order valence-electron chi connectivity index (χ0n) is 16.5. The molecule has 0 bridgehead atoms. The summed E-state index contributed by atoms with van der Waals surface area (Å²) < 4.78 is 5.73. The van der Waals surface area contributed by atoms with Gasteiger partial charge in [0.05, 0.1) is 12.1 Å². The number of aromatic nitrogens is 1. The van der Waals surface area contributed by atoms with Crippen LogP contribution in [0.5, 0.6) is 5.88 Å². The molecule has 1 atom stereocenters. The zero-order valence-corrected chi connectivity index (χ0v) is 16.5. The summed E-state index contributed by atoms with van der Waals surface area (Å²) >= 11 is 0. The summed E-state index contributed by atoms with van der Waals surface area (Å²) in [6, 6.07) is 12.2. The first-order valence-corrected chi connectivity index (χ1v) is 9.68. The Labute approximate surface area is 162 Å². The van der Waals surface area contributed by atoms with Crippen molar-refractivity contribution >= 4 is 16.8 Å². The van der Waals surface area contributed by atoms with Crippen molar-refractivity contribution in [2.75, 3.05) is 6.61 Å². The van der Waals surface area contributed by atoms with Crippen LogP contribution in [0.2, 0.25) is 0 Å². The molecule has 0 aliphatic carbocycles. The number of hydrogen-bond donors (Lipinski definition) is 1. The fraction of sp³-hybridized carbons (Fsp3) is 0.391. The summed E-state index contributed by atoms with van der Waals surface area (Å²) in [5.74, 6) is 1.07. The van der Waals surface area contributed by atoms with Gasteiger partial charge in [-0.25, -0.2) is 4.98 Å². The van der Waals surface area contributed by atoms with Crippen molar-refractivity contribution < 1.29 is 9.53 Å². The molecule has 0 saturated carbocycles. The number of para-hydroxylation sites is 1. The minimum atomic E-state index is -0.0443. The minimum absolute atomic E-state index is 0.0443. The maximum absolute atomic E-state index is 11.7. The summed E-state index contributed by atoms with van der Waals surface area (Å²) in [7, 11) is 0. The number of amides is 1. The lowest BCUT2D eigenvalue weighted by Crippen LogP contribution is -2.34. The average molecular weight is 367 g/mol. The van der Waals surface area contributed by atoms with E-state index in [9.17, 15) is 4.79 Å². The number of nitrogens with one attached hydrogen (secondary N) is 1. The lowest BCUT2D eigenvalue weighted by Gasteiger charge is -2.15. The first-order chi connectivity index (χ1) is 13.1. The third-order valence-electron chi connectivity index (χ3n) is 4.45. The summed E-state index contributed by atoms with van der Waals surface area (Å²) in [6.45, 7) is 6.86. The third-order valence-corrected chi connectivity index (χ3v) is 4.45. The number of benzene rings is 1. The Kier molecular flexibility index (Phi) is 8.56. The van der Waals surface area contributed by atoms with Crippen molar-refractivity contribution in [1.82, 2.24) is 10.3 Å². The van der Waals surface area contributed by atoms with Crippen LogP contribution >= 0.6 is 0 Å². The Morgan fingerprint density at radius 2 is 1.93 bits per heavy atom. The van der Waals surface area contributed by atoms with E-state index in [1.165, 1.54) is 0 Å². The molecule has 0 radical (unpaired) electrons. The summed E-state index contributed by atoms with van der Waals surface area (Å²) in [5.41, 5.74) is 0.955. The average Bonchev–Trinajstić information content (AvgIpc) is 2.66. The fourth-order valence-electron chi connectivity index (χ4n) is 2.43. The van der Waals surface area contributed by atoms with Crippen LogP contribution in [0.3, 0.4) is 0 Å². The van der Waals surface area contributed by atoms with Crippen LogP contribution in [0, 0.1) is 5.92 Å². The van der Waals surface area contributed by atoms with E-state index >= 15 is 0 Å². The molecule has 1 aromatic carbocycles. The van der Waals surface area contributed by atoms with Gasteiger partial charge in [-0.1, -0.05) is 50.3 Å². The zero-order chi connectivity index (χ0) is 19.5. The SMILES string of the molecule is CC(C)C(C)NC(=O)/C=C/C=C/CCCCOc1ccc2ccccc2n1. The molecule has 1 aromatic heterocycles. The second-order valence-corrected chi connectivity index (χ2v) is 7.01. The number of fused-ring (bicyclic) bond motifs is 1. The number of unbranched alkanes of at least 4 members (excludes halogenated alkanes) is 2. The van der Waals surface area contributed by atoms with Crippen molar-refractivity contribution in [1.29, 1.82) is 0 Å². The van der Waals surface area contributed by atoms with Gasteiger partial charge in [0.25, 0.3) is 0 Å². The molecule has 1 heterocycles. The molecule has 0 aliphatic heterocycles. The molecule has 0 fully saturated rings. The highest BCUT2D eigenvalue weighted by Gasteiger charge is 2.07. The molecule has 1 N–H and O–H groups in total. The van der Waals surface area contributed by atoms with Gasteiger partial charge in [-0.3, -0.25) is 4.79 Å². The molecular weight excluding hydrogens is 336 g/mol. The number of hydrogen-bond acceptors (Lipinski definition) is 3. The van der Waals surface area contributed by atoms with E-state index in [2.05, 4.69) is 30.2 Å². The number of pyridine rings is 1. The lowest BCUT2D eigenvalue weighted by molar-refractivity contribution is -0.117. The van der Waals surface area contributed by atoms with Crippen LogP contribution in [0.25, 0.3) is 10.9 Å². The molecule has 0 saturated heterocycles. The standard InChI is InChI=1S/C23H30N2O2/c1-18(2)19(3)24-22(26)14-8-6-4-5-7-11-17-27-23-16-15-20-12-9-10-13-21(20)25-23/h4,6,8-10,12-16,18-19H,5,7,11,17H2,1-3H3,(H,24,26)/b6-4+,14-8+. The summed E-state index contributed by atoms with van der Waals surface area (Å²) in [5, 5.41) is 4.06. The van der Waals surface area contributed by atoms with Crippen LogP contribution < -0.4 is 10.1 Å². The van der Waals surface area contributed by atoms with E-state index in [0.717, 1.165) is 30.2 Å². The van der Waals surface area contributed by atoms with Gasteiger partial charge in [0.15, 0.2) is 0 Å². The number of carbonyl (C=O) groups excluding carboxylic acids is 1. The Hall–Kier alpha value is -2.62. The second kappa shape index (κ2) is 11.2. The largest absolute Gasteiger partial charge is 0.478 e. The van der Waals surface area contributed by atoms with Crippen molar-refractivity contribution in [3.05, 3.63) is 60.7 Å². The van der Waals surface area contributed by atoms with Crippen LogP contribution in [0.1, 0.15) is 40.0 Å². The van der Waals surface area contributed by atoms with Gasteiger partial charge in [-0.15, -0.1) is 0 Å². The Morgan fingerprint density at radius 3 is 2.74 bits per heavy atom. The van der Waals surface area contributed by atoms with Crippen LogP contribution in [-0.2, 0) is 4.79 Å². The van der Waals surface area contributed by atoms with Crippen LogP contribution in [0.4, 0.5) is 0 Å². The predicted octanol–water partition coefficient (Wildman–Crippen LogP) is 5.06. The molecular formula is C23H30N2O2. The smallest absolute Gasteiger partial charge is 0.244 e. The van der Waals surface area contributed by atoms with E-state index in [4.69, 9.17) is 4.74 Å². The molecule has 0 aliphatic rings. The van der Waals surface area contributed by atoms with Crippen molar-refractivity contribution in [2.45, 2.75) is 46.1 Å². The molecule has 27 heavy (non-hydrogen) atoms. The Balaban J connectivity index is 1.59. The van der Waals surface area contributed by atoms with E-state index in [1.54, 1.807) is 12.2 Å². The van der Waals surface area contributed by atoms with Gasteiger partial charge in [-0.05, 0) is 44.2 Å². The molecule has 144 valence electrons. The lowest BCUT2D eigenvalue weighted by atomic mass is 10.1. The summed E-state index contributed by atoms with van der Waals surface area (Å²) in [6.07, 6.45) is 10.3. The van der Waals surface area contributed by atoms with Gasteiger partial charge in [0.1, 0.15) is 0 Å². The van der Waals surface area contributed by atoms with Crippen molar-refractivity contribution in [3.63, 3.8) is 0 Å². The maximum atomic E-state index is 11.7. The number of nitrogens with zero attached hydrogens (tertiary/aromatic N) is 1. The maximum Gasteiger partial charge on any atom is 0.244 e. The van der Waals surface area contributed by atoms with E-state index in [1.807, 2.05) is 49.4 Å². The normalized spacial score (nSPS) is 12.9. The molecule has 4 nitrogen and oxygen atoms in total. The second-order valence-electron chi connectivity index (χ2n) is 7.01. The summed E-state index contributed by atoms with van der Waals surface area (Å²) in [4.78, 5) is 16.2. The molecule has 1 unspecified atom stereocenters. The van der Waals surface area contributed by atoms with E-state index in [-0.39, 0.29) is 11.9 Å². The van der Waals surface area contributed by atoms with Crippen LogP contribution in [-0.4, -0.2) is 23.5 Å². The highest BCUT2D eigenvalue weighted by Crippen LogP contribution is 2.16. The number of rotatable bonds is 10. The quantitative estimate of drug-likeness (QED) is 0.363. The van der Waals surface area contributed by atoms with Crippen molar-refractivity contribution in [3.8, 4) is 5.88 Å². The highest BCUT2D eigenvalue weighted by atomic mass is 16.5. The topological polar surface area (TPSA) is 51.2 Å². The highest BCUT2D eigenvalue weighted by molar-refractivity contribution is 5.87.